The number of carbonyl (C=O) groups excluding carboxylic acids is 1. The molecule has 0 aromatic heterocycles. The van der Waals surface area contributed by atoms with Crippen LogP contribution < -0.4 is 5.46 Å². The number of rotatable bonds is 4. The molecule has 0 N–H and O–H groups in total. The van der Waals surface area contributed by atoms with Crippen LogP contribution in [0.25, 0.3) is 0 Å². The molecule has 0 bridgehead atoms. The molecule has 3 nitrogen and oxygen atoms in total. The molecule has 0 aliphatic rings. The highest BCUT2D eigenvalue weighted by atomic mass is 16.5. The fourth-order valence-electron chi connectivity index (χ4n) is 1.32. The fourth-order valence-corrected chi connectivity index (χ4v) is 1.32. The molecule has 0 amide bonds. The summed E-state index contributed by atoms with van der Waals surface area (Å²) in [5.74, 6) is -0.283. The maximum Gasteiger partial charge on any atom is 0.338 e. The van der Waals surface area contributed by atoms with Crippen molar-refractivity contribution in [1.82, 2.24) is 0 Å². The Hall–Kier alpha value is -1.29. The first-order valence-electron chi connectivity index (χ1n) is 4.94. The van der Waals surface area contributed by atoms with Crippen LogP contribution in [0.15, 0.2) is 18.2 Å². The van der Waals surface area contributed by atoms with E-state index in [2.05, 4.69) is 0 Å². The van der Waals surface area contributed by atoms with Gasteiger partial charge in [0, 0.05) is 7.11 Å². The molecule has 4 heteroatoms. The van der Waals surface area contributed by atoms with E-state index in [0.717, 1.165) is 11.0 Å². The zero-order chi connectivity index (χ0) is 11.3. The number of benzene rings is 1. The molecule has 1 aromatic rings. The van der Waals surface area contributed by atoms with E-state index >= 15 is 0 Å². The Balaban J connectivity index is 2.91. The normalized spacial score (nSPS) is 10.0. The van der Waals surface area contributed by atoms with Crippen LogP contribution in [0.2, 0.25) is 0 Å². The largest absolute Gasteiger partial charge is 0.462 e. The zero-order valence-electron chi connectivity index (χ0n) is 9.37. The van der Waals surface area contributed by atoms with Crippen molar-refractivity contribution in [1.29, 1.82) is 0 Å². The van der Waals surface area contributed by atoms with Gasteiger partial charge in [-0.1, -0.05) is 11.5 Å². The molecule has 0 radical (unpaired) electrons. The van der Waals surface area contributed by atoms with Gasteiger partial charge in [-0.25, -0.2) is 4.79 Å². The van der Waals surface area contributed by atoms with Crippen LogP contribution in [0.1, 0.15) is 22.8 Å². The molecule has 15 heavy (non-hydrogen) atoms. The number of methoxy groups -OCH3 is 1. The minimum absolute atomic E-state index is 0.283. The number of carbonyl (C=O) groups is 1. The minimum Gasteiger partial charge on any atom is -0.462 e. The van der Waals surface area contributed by atoms with Gasteiger partial charge in [0.25, 0.3) is 0 Å². The van der Waals surface area contributed by atoms with Gasteiger partial charge in [-0.2, -0.15) is 0 Å². The highest BCUT2D eigenvalue weighted by Crippen LogP contribution is 2.05. The van der Waals surface area contributed by atoms with Crippen molar-refractivity contribution in [3.05, 3.63) is 29.3 Å². The first-order valence-corrected chi connectivity index (χ1v) is 4.94. The molecule has 1 aromatic carbocycles. The summed E-state index contributed by atoms with van der Waals surface area (Å²) >= 11 is 0. The van der Waals surface area contributed by atoms with Gasteiger partial charge in [-0.15, -0.1) is 0 Å². The van der Waals surface area contributed by atoms with E-state index in [4.69, 9.17) is 9.47 Å². The lowest BCUT2D eigenvalue weighted by molar-refractivity contribution is 0.0526. The Morgan fingerprint density at radius 1 is 1.47 bits per heavy atom. The second-order valence-corrected chi connectivity index (χ2v) is 3.29. The summed E-state index contributed by atoms with van der Waals surface area (Å²) in [4.78, 5) is 11.4. The van der Waals surface area contributed by atoms with Crippen LogP contribution in [0.5, 0.6) is 0 Å². The molecule has 1 rings (SSSR count). The SMILES string of the molecule is Bc1ccc(C(=O)OCC)cc1COC. The van der Waals surface area contributed by atoms with E-state index in [1.165, 1.54) is 0 Å². The molecule has 0 aliphatic carbocycles. The lowest BCUT2D eigenvalue weighted by atomic mass is 9.89. The lowest BCUT2D eigenvalue weighted by Crippen LogP contribution is -2.14. The number of hydrogen-bond donors (Lipinski definition) is 0. The summed E-state index contributed by atoms with van der Waals surface area (Å²) in [5.41, 5.74) is 2.71. The fraction of sp³-hybridized carbons (Fsp3) is 0.364. The van der Waals surface area contributed by atoms with Crippen molar-refractivity contribution in [2.45, 2.75) is 13.5 Å². The number of hydrogen-bond acceptors (Lipinski definition) is 3. The standard InChI is InChI=1S/C11H15BO3/c1-3-15-11(13)8-4-5-10(12)9(6-8)7-14-2/h4-6H,3,7,12H2,1-2H3. The number of esters is 1. The molecule has 0 fully saturated rings. The van der Waals surface area contributed by atoms with Crippen LogP contribution in [0, 0.1) is 0 Å². The lowest BCUT2D eigenvalue weighted by Gasteiger charge is -2.07. The predicted molar refractivity (Wildman–Crippen MR) is 61.3 cm³/mol. The van der Waals surface area contributed by atoms with E-state index in [1.54, 1.807) is 20.1 Å². The summed E-state index contributed by atoms with van der Waals surface area (Å²) < 4.78 is 9.97. The Morgan fingerprint density at radius 3 is 2.80 bits per heavy atom. The molecule has 0 unspecified atom stereocenters. The van der Waals surface area contributed by atoms with E-state index in [1.807, 2.05) is 20.0 Å². The molecule has 0 spiro atoms. The van der Waals surface area contributed by atoms with Crippen LogP contribution in [0.4, 0.5) is 0 Å². The molecule has 0 atom stereocenters. The third-order valence-corrected chi connectivity index (χ3v) is 2.16. The van der Waals surface area contributed by atoms with Crippen molar-refractivity contribution >= 4 is 19.3 Å². The maximum absolute atomic E-state index is 11.4. The first-order chi connectivity index (χ1) is 7.19. The highest BCUT2D eigenvalue weighted by molar-refractivity contribution is 6.33. The second-order valence-electron chi connectivity index (χ2n) is 3.29. The van der Waals surface area contributed by atoms with E-state index in [9.17, 15) is 4.79 Å². The zero-order valence-corrected chi connectivity index (χ0v) is 9.37. The molecule has 0 saturated carbocycles. The Labute approximate surface area is 90.8 Å². The van der Waals surface area contributed by atoms with Crippen LogP contribution in [0.3, 0.4) is 0 Å². The summed E-state index contributed by atoms with van der Waals surface area (Å²) in [6, 6.07) is 5.49. The van der Waals surface area contributed by atoms with Gasteiger partial charge in [0.1, 0.15) is 7.85 Å². The van der Waals surface area contributed by atoms with Gasteiger partial charge in [0.15, 0.2) is 0 Å². The second kappa shape index (κ2) is 5.56. The van der Waals surface area contributed by atoms with Crippen molar-refractivity contribution in [3.63, 3.8) is 0 Å². The Bertz CT molecular complexity index is 350. The summed E-state index contributed by atoms with van der Waals surface area (Å²) in [6.45, 7) is 2.70. The third-order valence-electron chi connectivity index (χ3n) is 2.16. The van der Waals surface area contributed by atoms with Crippen molar-refractivity contribution < 1.29 is 14.3 Å². The average molecular weight is 206 g/mol. The average Bonchev–Trinajstić information content (AvgIpc) is 2.22. The maximum atomic E-state index is 11.4. The monoisotopic (exact) mass is 206 g/mol. The third kappa shape index (κ3) is 3.10. The van der Waals surface area contributed by atoms with Crippen molar-refractivity contribution in [2.24, 2.45) is 0 Å². The van der Waals surface area contributed by atoms with E-state index in [-0.39, 0.29) is 5.97 Å². The summed E-state index contributed by atoms with van der Waals surface area (Å²) in [6.07, 6.45) is 0. The molecule has 0 aliphatic heterocycles. The topological polar surface area (TPSA) is 35.5 Å². The van der Waals surface area contributed by atoms with E-state index < -0.39 is 0 Å². The number of ether oxygens (including phenoxy) is 2. The van der Waals surface area contributed by atoms with Gasteiger partial charge in [0.2, 0.25) is 0 Å². The minimum atomic E-state index is -0.283. The first kappa shape index (κ1) is 11.8. The van der Waals surface area contributed by atoms with Gasteiger partial charge < -0.3 is 9.47 Å². The van der Waals surface area contributed by atoms with Crippen molar-refractivity contribution in [2.75, 3.05) is 13.7 Å². The molecular formula is C11H15BO3. The van der Waals surface area contributed by atoms with Gasteiger partial charge in [0.05, 0.1) is 18.8 Å². The van der Waals surface area contributed by atoms with Crippen LogP contribution in [-0.2, 0) is 16.1 Å². The molecule has 0 saturated heterocycles. The molecule has 0 heterocycles. The smallest absolute Gasteiger partial charge is 0.338 e. The Kier molecular flexibility index (Phi) is 4.37. The van der Waals surface area contributed by atoms with Crippen LogP contribution >= 0.6 is 0 Å². The van der Waals surface area contributed by atoms with E-state index in [0.29, 0.717) is 18.8 Å². The van der Waals surface area contributed by atoms with Gasteiger partial charge in [-0.3, -0.25) is 0 Å². The van der Waals surface area contributed by atoms with Gasteiger partial charge in [-0.05, 0) is 24.6 Å². The van der Waals surface area contributed by atoms with Crippen LogP contribution in [-0.4, -0.2) is 27.5 Å². The highest BCUT2D eigenvalue weighted by Gasteiger charge is 2.08. The van der Waals surface area contributed by atoms with Crippen molar-refractivity contribution in [3.8, 4) is 0 Å². The Morgan fingerprint density at radius 2 is 2.20 bits per heavy atom. The summed E-state index contributed by atoms with van der Waals surface area (Å²) in [7, 11) is 3.62. The molecular weight excluding hydrogens is 191 g/mol. The quantitative estimate of drug-likeness (QED) is 0.523. The van der Waals surface area contributed by atoms with Gasteiger partial charge >= 0.3 is 5.97 Å². The molecule has 80 valence electrons. The summed E-state index contributed by atoms with van der Waals surface area (Å²) in [5, 5.41) is 0. The predicted octanol–water partition coefficient (Wildman–Crippen LogP) is 0.268.